The second kappa shape index (κ2) is 4.70. The molecule has 18 heavy (non-hydrogen) atoms. The number of ether oxygens (including phenoxy) is 1. The largest absolute Gasteiger partial charge is 0.450 e. The zero-order chi connectivity index (χ0) is 13.3. The number of nitrogens with two attached hydrogens (primary N) is 2. The molecule has 0 saturated carbocycles. The summed E-state index contributed by atoms with van der Waals surface area (Å²) in [5.41, 5.74) is 12.1. The van der Waals surface area contributed by atoms with E-state index in [1.165, 1.54) is 12.3 Å². The highest BCUT2D eigenvalue weighted by molar-refractivity contribution is 6.33. The van der Waals surface area contributed by atoms with Crippen LogP contribution in [0.25, 0.3) is 0 Å². The molecule has 1 aromatic heterocycles. The van der Waals surface area contributed by atoms with Crippen molar-refractivity contribution in [1.82, 2.24) is 4.98 Å². The molecule has 0 atom stereocenters. The highest BCUT2D eigenvalue weighted by Gasteiger charge is 2.16. The minimum atomic E-state index is -0.783. The lowest BCUT2D eigenvalue weighted by atomic mass is 10.2. The van der Waals surface area contributed by atoms with Crippen molar-refractivity contribution in [3.63, 3.8) is 0 Å². The van der Waals surface area contributed by atoms with Crippen LogP contribution < -0.4 is 16.2 Å². The van der Waals surface area contributed by atoms with Crippen molar-refractivity contribution >= 4 is 23.0 Å². The maximum absolute atomic E-state index is 13.9. The molecule has 0 aliphatic rings. The van der Waals surface area contributed by atoms with Gasteiger partial charge in [-0.25, -0.2) is 4.39 Å². The third kappa shape index (κ3) is 2.31. The van der Waals surface area contributed by atoms with Crippen LogP contribution in [0.4, 0.5) is 15.8 Å². The summed E-state index contributed by atoms with van der Waals surface area (Å²) in [5, 5.41) is -0.209. The molecule has 0 aliphatic heterocycles. The summed E-state index contributed by atoms with van der Waals surface area (Å²) in [6, 6.07) is 4.75. The van der Waals surface area contributed by atoms with Crippen molar-refractivity contribution in [2.45, 2.75) is 6.92 Å². The topological polar surface area (TPSA) is 74.2 Å². The van der Waals surface area contributed by atoms with Gasteiger partial charge in [0, 0.05) is 5.69 Å². The van der Waals surface area contributed by atoms with Crippen molar-refractivity contribution in [2.75, 3.05) is 11.5 Å². The fourth-order valence-electron chi connectivity index (χ4n) is 1.39. The average Bonchev–Trinajstić information content (AvgIpc) is 2.34. The van der Waals surface area contributed by atoms with Gasteiger partial charge in [0.2, 0.25) is 0 Å². The molecule has 4 N–H and O–H groups in total. The first kappa shape index (κ1) is 12.4. The number of anilines is 2. The lowest BCUT2D eigenvalue weighted by Crippen LogP contribution is -2.00. The number of nitrogen functional groups attached to an aromatic ring is 2. The quantitative estimate of drug-likeness (QED) is 0.820. The Hall–Kier alpha value is -2.01. The molecular formula is C12H11ClFN3O. The summed E-state index contributed by atoms with van der Waals surface area (Å²) >= 11 is 5.70. The van der Waals surface area contributed by atoms with E-state index in [9.17, 15) is 4.39 Å². The standard InChI is InChI=1S/C12H11ClFN3O/c1-6-2-3-7(5-17-6)18-12-9(16)4-8(15)10(13)11(12)14/h2-5H,15-16H2,1H3. The Morgan fingerprint density at radius 3 is 2.61 bits per heavy atom. The lowest BCUT2D eigenvalue weighted by molar-refractivity contribution is 0.443. The van der Waals surface area contributed by atoms with Crippen LogP contribution in [0.2, 0.25) is 5.02 Å². The van der Waals surface area contributed by atoms with Crippen molar-refractivity contribution < 1.29 is 9.13 Å². The van der Waals surface area contributed by atoms with Crippen LogP contribution in [-0.4, -0.2) is 4.98 Å². The third-order valence-electron chi connectivity index (χ3n) is 2.32. The van der Waals surface area contributed by atoms with Crippen LogP contribution in [0, 0.1) is 12.7 Å². The average molecular weight is 268 g/mol. The van der Waals surface area contributed by atoms with E-state index in [1.807, 2.05) is 6.92 Å². The molecule has 0 amide bonds. The molecule has 0 radical (unpaired) electrons. The number of aryl methyl sites for hydroxylation is 1. The summed E-state index contributed by atoms with van der Waals surface area (Å²) in [6.45, 7) is 1.83. The van der Waals surface area contributed by atoms with Crippen molar-refractivity contribution in [2.24, 2.45) is 0 Å². The molecule has 0 aliphatic carbocycles. The van der Waals surface area contributed by atoms with Crippen LogP contribution in [0.15, 0.2) is 24.4 Å². The Labute approximate surface area is 108 Å². The Bertz CT molecular complexity index is 587. The summed E-state index contributed by atoms with van der Waals surface area (Å²) in [7, 11) is 0. The highest BCUT2D eigenvalue weighted by Crippen LogP contribution is 2.37. The van der Waals surface area contributed by atoms with E-state index in [4.69, 9.17) is 27.8 Å². The molecule has 2 rings (SSSR count). The number of nitrogens with zero attached hydrogens (tertiary/aromatic N) is 1. The molecule has 1 heterocycles. The zero-order valence-corrected chi connectivity index (χ0v) is 10.3. The summed E-state index contributed by atoms with van der Waals surface area (Å²) < 4.78 is 19.2. The van der Waals surface area contributed by atoms with Gasteiger partial charge in [0.05, 0.1) is 17.6 Å². The first-order valence-corrected chi connectivity index (χ1v) is 5.50. The maximum atomic E-state index is 13.9. The molecule has 0 fully saturated rings. The molecule has 4 nitrogen and oxygen atoms in total. The number of pyridine rings is 1. The minimum absolute atomic E-state index is 0.0704. The van der Waals surface area contributed by atoms with E-state index in [-0.39, 0.29) is 22.1 Å². The number of hydrogen-bond donors (Lipinski definition) is 2. The number of aromatic nitrogens is 1. The van der Waals surface area contributed by atoms with Crippen LogP contribution in [0.3, 0.4) is 0 Å². The van der Waals surface area contributed by atoms with Crippen LogP contribution in [0.1, 0.15) is 5.69 Å². The molecule has 0 saturated heterocycles. The SMILES string of the molecule is Cc1ccc(Oc2c(N)cc(N)c(Cl)c2F)cn1. The van der Waals surface area contributed by atoms with E-state index in [1.54, 1.807) is 12.1 Å². The monoisotopic (exact) mass is 267 g/mol. The van der Waals surface area contributed by atoms with Gasteiger partial charge < -0.3 is 16.2 Å². The van der Waals surface area contributed by atoms with Gasteiger partial charge in [-0.05, 0) is 25.1 Å². The zero-order valence-electron chi connectivity index (χ0n) is 9.58. The van der Waals surface area contributed by atoms with Crippen LogP contribution in [0.5, 0.6) is 11.5 Å². The molecule has 2 aromatic rings. The van der Waals surface area contributed by atoms with Crippen LogP contribution >= 0.6 is 11.6 Å². The molecule has 94 valence electrons. The molecule has 0 spiro atoms. The fourth-order valence-corrected chi connectivity index (χ4v) is 1.53. The number of rotatable bonds is 2. The molecule has 0 unspecified atom stereocenters. The second-order valence-electron chi connectivity index (χ2n) is 3.75. The van der Waals surface area contributed by atoms with Gasteiger partial charge in [0.1, 0.15) is 10.8 Å². The van der Waals surface area contributed by atoms with Gasteiger partial charge in [0.25, 0.3) is 0 Å². The van der Waals surface area contributed by atoms with Gasteiger partial charge in [-0.3, -0.25) is 4.98 Å². The lowest BCUT2D eigenvalue weighted by Gasteiger charge is -2.11. The summed E-state index contributed by atoms with van der Waals surface area (Å²) in [4.78, 5) is 4.03. The van der Waals surface area contributed by atoms with Gasteiger partial charge in [0.15, 0.2) is 11.6 Å². The normalized spacial score (nSPS) is 10.4. The van der Waals surface area contributed by atoms with Gasteiger partial charge in [-0.15, -0.1) is 0 Å². The van der Waals surface area contributed by atoms with Crippen molar-refractivity contribution in [3.05, 3.63) is 40.9 Å². The number of benzene rings is 1. The number of hydrogen-bond acceptors (Lipinski definition) is 4. The smallest absolute Gasteiger partial charge is 0.188 e. The Balaban J connectivity index is 2.40. The summed E-state index contributed by atoms with van der Waals surface area (Å²) in [5.74, 6) is -0.568. The van der Waals surface area contributed by atoms with E-state index in [2.05, 4.69) is 4.98 Å². The van der Waals surface area contributed by atoms with Crippen LogP contribution in [-0.2, 0) is 0 Å². The van der Waals surface area contributed by atoms with Crippen molar-refractivity contribution in [3.8, 4) is 11.5 Å². The highest BCUT2D eigenvalue weighted by atomic mass is 35.5. The van der Waals surface area contributed by atoms with E-state index >= 15 is 0 Å². The molecule has 1 aromatic carbocycles. The third-order valence-corrected chi connectivity index (χ3v) is 2.71. The van der Waals surface area contributed by atoms with E-state index in [0.29, 0.717) is 5.75 Å². The predicted molar refractivity (Wildman–Crippen MR) is 69.3 cm³/mol. The van der Waals surface area contributed by atoms with E-state index in [0.717, 1.165) is 5.69 Å². The van der Waals surface area contributed by atoms with Gasteiger partial charge >= 0.3 is 0 Å². The molecular weight excluding hydrogens is 257 g/mol. The van der Waals surface area contributed by atoms with Crippen molar-refractivity contribution in [1.29, 1.82) is 0 Å². The Kier molecular flexibility index (Phi) is 3.25. The first-order valence-electron chi connectivity index (χ1n) is 5.12. The molecule has 0 bridgehead atoms. The minimum Gasteiger partial charge on any atom is -0.450 e. The Morgan fingerprint density at radius 2 is 2.00 bits per heavy atom. The Morgan fingerprint density at radius 1 is 1.28 bits per heavy atom. The summed E-state index contributed by atoms with van der Waals surface area (Å²) in [6.07, 6.45) is 1.47. The van der Waals surface area contributed by atoms with E-state index < -0.39 is 5.82 Å². The second-order valence-corrected chi connectivity index (χ2v) is 4.13. The predicted octanol–water partition coefficient (Wildman–Crippen LogP) is 3.14. The fraction of sp³-hybridized carbons (Fsp3) is 0.0833. The maximum Gasteiger partial charge on any atom is 0.188 e. The first-order chi connectivity index (χ1) is 8.49. The van der Waals surface area contributed by atoms with Gasteiger partial charge in [-0.2, -0.15) is 0 Å². The number of halogens is 2. The molecule has 6 heteroatoms. The van der Waals surface area contributed by atoms with Gasteiger partial charge in [-0.1, -0.05) is 11.6 Å².